The Bertz CT molecular complexity index is 481. The van der Waals surface area contributed by atoms with Gasteiger partial charge in [-0.15, -0.1) is 5.10 Å². The number of nitrogens with zero attached hydrogens (tertiary/aromatic N) is 3. The second-order valence-corrected chi connectivity index (χ2v) is 3.98. The number of ether oxygens (including phenoxy) is 1. The minimum absolute atomic E-state index is 0.778. The number of rotatable bonds is 2. The van der Waals surface area contributed by atoms with Crippen molar-refractivity contribution in [2.24, 2.45) is 0 Å². The van der Waals surface area contributed by atoms with E-state index in [1.165, 1.54) is 0 Å². The van der Waals surface area contributed by atoms with Crippen LogP contribution in [0.15, 0.2) is 28.9 Å². The molecule has 0 aliphatic rings. The standard InChI is InChI=1S/C10H10BrN3O/c1-7-6-14(13-12-7)8-3-4-9(11)10(5-8)15-2/h3-6H,1-2H3. The van der Waals surface area contributed by atoms with E-state index >= 15 is 0 Å². The van der Waals surface area contributed by atoms with Crippen LogP contribution in [0.3, 0.4) is 0 Å². The first-order chi connectivity index (χ1) is 7.20. The van der Waals surface area contributed by atoms with Gasteiger partial charge in [0.25, 0.3) is 0 Å². The predicted molar refractivity (Wildman–Crippen MR) is 60.3 cm³/mol. The SMILES string of the molecule is COc1cc(-n2cc(C)nn2)ccc1Br. The Morgan fingerprint density at radius 3 is 2.80 bits per heavy atom. The van der Waals surface area contributed by atoms with Crippen molar-refractivity contribution in [1.29, 1.82) is 0 Å². The summed E-state index contributed by atoms with van der Waals surface area (Å²) in [6.45, 7) is 1.90. The van der Waals surface area contributed by atoms with Crippen LogP contribution in [-0.2, 0) is 0 Å². The molecule has 15 heavy (non-hydrogen) atoms. The van der Waals surface area contributed by atoms with Gasteiger partial charge < -0.3 is 4.74 Å². The van der Waals surface area contributed by atoms with Crippen LogP contribution >= 0.6 is 15.9 Å². The van der Waals surface area contributed by atoms with Crippen LogP contribution in [0.1, 0.15) is 5.69 Å². The van der Waals surface area contributed by atoms with E-state index in [-0.39, 0.29) is 0 Å². The van der Waals surface area contributed by atoms with Crippen molar-refractivity contribution < 1.29 is 4.74 Å². The smallest absolute Gasteiger partial charge is 0.135 e. The molecule has 0 unspecified atom stereocenters. The van der Waals surface area contributed by atoms with Crippen molar-refractivity contribution in [2.45, 2.75) is 6.92 Å². The largest absolute Gasteiger partial charge is 0.495 e. The summed E-state index contributed by atoms with van der Waals surface area (Å²) in [6, 6.07) is 5.77. The number of methoxy groups -OCH3 is 1. The highest BCUT2D eigenvalue weighted by atomic mass is 79.9. The normalized spacial score (nSPS) is 10.3. The van der Waals surface area contributed by atoms with E-state index in [2.05, 4.69) is 26.2 Å². The van der Waals surface area contributed by atoms with Crippen molar-refractivity contribution in [3.05, 3.63) is 34.6 Å². The zero-order valence-corrected chi connectivity index (χ0v) is 10.0. The van der Waals surface area contributed by atoms with Crippen molar-refractivity contribution in [1.82, 2.24) is 15.0 Å². The second-order valence-electron chi connectivity index (χ2n) is 3.12. The van der Waals surface area contributed by atoms with Gasteiger partial charge in [-0.3, -0.25) is 0 Å². The van der Waals surface area contributed by atoms with Crippen molar-refractivity contribution >= 4 is 15.9 Å². The van der Waals surface area contributed by atoms with Gasteiger partial charge in [0.1, 0.15) is 5.75 Å². The molecular formula is C10H10BrN3O. The fraction of sp³-hybridized carbons (Fsp3) is 0.200. The van der Waals surface area contributed by atoms with Crippen LogP contribution in [0.25, 0.3) is 5.69 Å². The summed E-state index contributed by atoms with van der Waals surface area (Å²) in [4.78, 5) is 0. The lowest BCUT2D eigenvalue weighted by Gasteiger charge is -2.05. The van der Waals surface area contributed by atoms with Gasteiger partial charge in [0.2, 0.25) is 0 Å². The molecule has 78 valence electrons. The molecule has 0 saturated heterocycles. The Morgan fingerprint density at radius 2 is 2.20 bits per heavy atom. The predicted octanol–water partition coefficient (Wildman–Crippen LogP) is 2.35. The molecule has 0 aliphatic carbocycles. The number of halogens is 1. The Balaban J connectivity index is 2.45. The van der Waals surface area contributed by atoms with Crippen LogP contribution in [0.2, 0.25) is 0 Å². The molecule has 0 aliphatic heterocycles. The van der Waals surface area contributed by atoms with E-state index < -0.39 is 0 Å². The number of aromatic nitrogens is 3. The maximum atomic E-state index is 5.21. The van der Waals surface area contributed by atoms with Gasteiger partial charge in [0.15, 0.2) is 0 Å². The van der Waals surface area contributed by atoms with Gasteiger partial charge in [0.05, 0.1) is 29.2 Å². The first-order valence-electron chi connectivity index (χ1n) is 4.43. The first-order valence-corrected chi connectivity index (χ1v) is 5.23. The highest BCUT2D eigenvalue weighted by Gasteiger charge is 2.04. The van der Waals surface area contributed by atoms with E-state index in [0.717, 1.165) is 21.6 Å². The second kappa shape index (κ2) is 4.02. The van der Waals surface area contributed by atoms with E-state index in [1.807, 2.05) is 31.3 Å². The van der Waals surface area contributed by atoms with Crippen LogP contribution in [-0.4, -0.2) is 22.1 Å². The Labute approximate surface area is 96.0 Å². The lowest BCUT2D eigenvalue weighted by molar-refractivity contribution is 0.412. The zero-order valence-electron chi connectivity index (χ0n) is 8.44. The average Bonchev–Trinajstić information content (AvgIpc) is 2.66. The minimum Gasteiger partial charge on any atom is -0.495 e. The molecule has 0 saturated carbocycles. The third kappa shape index (κ3) is 2.02. The van der Waals surface area contributed by atoms with Gasteiger partial charge >= 0.3 is 0 Å². The minimum atomic E-state index is 0.778. The fourth-order valence-electron chi connectivity index (χ4n) is 1.26. The molecule has 2 rings (SSSR count). The lowest BCUT2D eigenvalue weighted by Crippen LogP contribution is -1.96. The Kier molecular flexibility index (Phi) is 2.73. The molecule has 2 aromatic rings. The summed E-state index contributed by atoms with van der Waals surface area (Å²) in [5.74, 6) is 0.778. The van der Waals surface area contributed by atoms with Crippen molar-refractivity contribution in [3.63, 3.8) is 0 Å². The fourth-order valence-corrected chi connectivity index (χ4v) is 1.67. The van der Waals surface area contributed by atoms with E-state index in [4.69, 9.17) is 4.74 Å². The van der Waals surface area contributed by atoms with Gasteiger partial charge in [-0.25, -0.2) is 4.68 Å². The summed E-state index contributed by atoms with van der Waals surface area (Å²) in [7, 11) is 1.64. The first kappa shape index (κ1) is 10.2. The molecule has 0 N–H and O–H groups in total. The van der Waals surface area contributed by atoms with Crippen LogP contribution in [0.5, 0.6) is 5.75 Å². The molecule has 0 fully saturated rings. The highest BCUT2D eigenvalue weighted by Crippen LogP contribution is 2.26. The molecule has 1 heterocycles. The summed E-state index contributed by atoms with van der Waals surface area (Å²) in [5, 5.41) is 7.92. The van der Waals surface area contributed by atoms with Gasteiger partial charge in [0, 0.05) is 6.07 Å². The number of benzene rings is 1. The van der Waals surface area contributed by atoms with Crippen LogP contribution < -0.4 is 4.74 Å². The topological polar surface area (TPSA) is 39.9 Å². The number of hydrogen-bond acceptors (Lipinski definition) is 3. The average molecular weight is 268 g/mol. The molecule has 0 amide bonds. The van der Waals surface area contributed by atoms with Gasteiger partial charge in [-0.2, -0.15) is 0 Å². The molecule has 0 radical (unpaired) electrons. The molecule has 4 nitrogen and oxygen atoms in total. The summed E-state index contributed by atoms with van der Waals surface area (Å²) in [5.41, 5.74) is 1.81. The van der Waals surface area contributed by atoms with E-state index in [1.54, 1.807) is 11.8 Å². The van der Waals surface area contributed by atoms with Gasteiger partial charge in [-0.05, 0) is 35.0 Å². The summed E-state index contributed by atoms with van der Waals surface area (Å²) in [6.07, 6.45) is 1.86. The molecule has 1 aromatic heterocycles. The molecule has 0 bridgehead atoms. The monoisotopic (exact) mass is 267 g/mol. The summed E-state index contributed by atoms with van der Waals surface area (Å²) < 4.78 is 7.84. The highest BCUT2D eigenvalue weighted by molar-refractivity contribution is 9.10. The van der Waals surface area contributed by atoms with E-state index in [0.29, 0.717) is 0 Å². The Morgan fingerprint density at radius 1 is 1.40 bits per heavy atom. The van der Waals surface area contributed by atoms with Gasteiger partial charge in [-0.1, -0.05) is 5.21 Å². The van der Waals surface area contributed by atoms with Crippen molar-refractivity contribution in [2.75, 3.05) is 7.11 Å². The number of hydrogen-bond donors (Lipinski definition) is 0. The zero-order chi connectivity index (χ0) is 10.8. The number of aryl methyl sites for hydroxylation is 1. The lowest BCUT2D eigenvalue weighted by atomic mass is 10.3. The third-order valence-corrected chi connectivity index (χ3v) is 2.66. The molecule has 0 atom stereocenters. The Hall–Kier alpha value is -1.36. The summed E-state index contributed by atoms with van der Waals surface area (Å²) >= 11 is 3.40. The van der Waals surface area contributed by atoms with Crippen LogP contribution in [0.4, 0.5) is 0 Å². The third-order valence-electron chi connectivity index (χ3n) is 2.01. The molecule has 1 aromatic carbocycles. The quantitative estimate of drug-likeness (QED) is 0.839. The van der Waals surface area contributed by atoms with Crippen LogP contribution in [0, 0.1) is 6.92 Å². The maximum Gasteiger partial charge on any atom is 0.135 e. The van der Waals surface area contributed by atoms with Crippen molar-refractivity contribution in [3.8, 4) is 11.4 Å². The van der Waals surface area contributed by atoms with E-state index in [9.17, 15) is 0 Å². The molecule has 0 spiro atoms. The molecular weight excluding hydrogens is 258 g/mol. The molecule has 5 heteroatoms. The maximum absolute atomic E-state index is 5.21.